The SMILES string of the molecule is C[C@H]1[C@H]2Cc3ccc(C(N)=O)cc3[C@]1(C)CCN2CC(C)(C)C. The highest BCUT2D eigenvalue weighted by molar-refractivity contribution is 5.93. The lowest BCUT2D eigenvalue weighted by Gasteiger charge is -2.55. The van der Waals surface area contributed by atoms with Gasteiger partial charge in [-0.15, -0.1) is 0 Å². The molecule has 1 aliphatic heterocycles. The molecule has 1 amide bonds. The Morgan fingerprint density at radius 1 is 1.39 bits per heavy atom. The molecule has 1 heterocycles. The lowest BCUT2D eigenvalue weighted by Crippen LogP contribution is -2.59. The first-order valence-electron chi connectivity index (χ1n) is 8.79. The lowest BCUT2D eigenvalue weighted by atomic mass is 9.58. The summed E-state index contributed by atoms with van der Waals surface area (Å²) in [6.07, 6.45) is 2.23. The third-order valence-corrected chi connectivity index (χ3v) is 6.09. The number of hydrogen-bond acceptors (Lipinski definition) is 2. The fourth-order valence-corrected chi connectivity index (χ4v) is 4.67. The van der Waals surface area contributed by atoms with E-state index in [2.05, 4.69) is 51.7 Å². The van der Waals surface area contributed by atoms with Crippen molar-refractivity contribution in [3.8, 4) is 0 Å². The average Bonchev–Trinajstić information content (AvgIpc) is 2.44. The summed E-state index contributed by atoms with van der Waals surface area (Å²) in [4.78, 5) is 14.3. The molecular weight excluding hydrogens is 284 g/mol. The number of primary amides is 1. The van der Waals surface area contributed by atoms with Crippen LogP contribution in [-0.4, -0.2) is 29.9 Å². The number of likely N-dealkylation sites (tertiary alicyclic amines) is 1. The van der Waals surface area contributed by atoms with Crippen LogP contribution in [0.5, 0.6) is 0 Å². The molecule has 1 saturated heterocycles. The molecule has 1 aromatic rings. The zero-order valence-electron chi connectivity index (χ0n) is 15.1. The van der Waals surface area contributed by atoms with Crippen LogP contribution in [0.25, 0.3) is 0 Å². The van der Waals surface area contributed by atoms with E-state index >= 15 is 0 Å². The molecule has 3 nitrogen and oxygen atoms in total. The largest absolute Gasteiger partial charge is 0.366 e. The number of piperidine rings is 1. The molecule has 2 bridgehead atoms. The normalized spacial score (nSPS) is 30.8. The number of rotatable bonds is 2. The second-order valence-electron chi connectivity index (χ2n) is 8.99. The maximum Gasteiger partial charge on any atom is 0.248 e. The lowest BCUT2D eigenvalue weighted by molar-refractivity contribution is 0.0114. The van der Waals surface area contributed by atoms with Crippen molar-refractivity contribution >= 4 is 5.91 Å². The van der Waals surface area contributed by atoms with E-state index in [1.165, 1.54) is 11.1 Å². The first kappa shape index (κ1) is 16.5. The fourth-order valence-electron chi connectivity index (χ4n) is 4.67. The standard InChI is InChI=1S/C20H30N2O/c1-13-17-11-14-6-7-15(18(21)23)10-16(14)20(13,5)8-9-22(17)12-19(2,3)4/h6-7,10,13,17H,8-9,11-12H2,1-5H3,(H2,21,23)/t13-,17+,20+/m0/s1. The summed E-state index contributed by atoms with van der Waals surface area (Å²) in [6.45, 7) is 14.0. The van der Waals surface area contributed by atoms with Gasteiger partial charge in [0.1, 0.15) is 0 Å². The Morgan fingerprint density at radius 3 is 2.70 bits per heavy atom. The van der Waals surface area contributed by atoms with Gasteiger partial charge in [-0.25, -0.2) is 0 Å². The minimum atomic E-state index is -0.323. The Kier molecular flexibility index (Phi) is 3.83. The Labute approximate surface area is 140 Å². The van der Waals surface area contributed by atoms with Gasteiger partial charge in [0.2, 0.25) is 5.91 Å². The van der Waals surface area contributed by atoms with Crippen molar-refractivity contribution in [2.45, 2.75) is 58.9 Å². The van der Waals surface area contributed by atoms with Gasteiger partial charge in [-0.1, -0.05) is 40.7 Å². The van der Waals surface area contributed by atoms with Crippen molar-refractivity contribution in [1.82, 2.24) is 4.90 Å². The maximum atomic E-state index is 11.6. The van der Waals surface area contributed by atoms with Crippen molar-refractivity contribution < 1.29 is 4.79 Å². The summed E-state index contributed by atoms with van der Waals surface area (Å²) in [5, 5.41) is 0. The Hall–Kier alpha value is -1.35. The van der Waals surface area contributed by atoms with Gasteiger partial charge in [-0.05, 0) is 59.4 Å². The molecule has 0 saturated carbocycles. The summed E-state index contributed by atoms with van der Waals surface area (Å²) in [5.41, 5.74) is 9.37. The number of hydrogen-bond donors (Lipinski definition) is 1. The highest BCUT2D eigenvalue weighted by Gasteiger charge is 2.48. The van der Waals surface area contributed by atoms with Crippen LogP contribution >= 0.6 is 0 Å². The predicted octanol–water partition coefficient (Wildman–Crippen LogP) is 3.36. The second-order valence-corrected chi connectivity index (χ2v) is 8.99. The van der Waals surface area contributed by atoms with Gasteiger partial charge in [0.25, 0.3) is 0 Å². The number of fused-ring (bicyclic) bond motifs is 4. The van der Waals surface area contributed by atoms with E-state index in [9.17, 15) is 4.79 Å². The number of amides is 1. The molecule has 2 aliphatic rings. The number of nitrogens with zero attached hydrogens (tertiary/aromatic N) is 1. The fraction of sp³-hybridized carbons (Fsp3) is 0.650. The molecule has 23 heavy (non-hydrogen) atoms. The molecule has 0 unspecified atom stereocenters. The van der Waals surface area contributed by atoms with Crippen LogP contribution in [0, 0.1) is 11.3 Å². The summed E-state index contributed by atoms with van der Waals surface area (Å²) in [5.74, 6) is 0.269. The zero-order chi connectivity index (χ0) is 17.0. The second kappa shape index (κ2) is 5.34. The van der Waals surface area contributed by atoms with Crippen LogP contribution in [0.1, 0.15) is 62.5 Å². The van der Waals surface area contributed by atoms with Gasteiger partial charge < -0.3 is 5.73 Å². The quantitative estimate of drug-likeness (QED) is 0.910. The molecule has 2 N–H and O–H groups in total. The van der Waals surface area contributed by atoms with Gasteiger partial charge in [-0.3, -0.25) is 9.69 Å². The molecule has 3 atom stereocenters. The molecule has 126 valence electrons. The van der Waals surface area contributed by atoms with Crippen molar-refractivity contribution in [3.05, 3.63) is 34.9 Å². The van der Waals surface area contributed by atoms with Gasteiger partial charge >= 0.3 is 0 Å². The minimum absolute atomic E-state index is 0.151. The third kappa shape index (κ3) is 2.80. The number of benzene rings is 1. The van der Waals surface area contributed by atoms with Crippen LogP contribution in [0.3, 0.4) is 0 Å². The minimum Gasteiger partial charge on any atom is -0.366 e. The summed E-state index contributed by atoms with van der Waals surface area (Å²) in [6, 6.07) is 6.68. The molecular formula is C20H30N2O. The van der Waals surface area contributed by atoms with E-state index in [-0.39, 0.29) is 11.3 Å². The first-order valence-corrected chi connectivity index (χ1v) is 8.79. The highest BCUT2D eigenvalue weighted by Crippen LogP contribution is 2.49. The van der Waals surface area contributed by atoms with Crippen molar-refractivity contribution in [2.24, 2.45) is 17.1 Å². The molecule has 3 heteroatoms. The van der Waals surface area contributed by atoms with E-state index in [0.29, 0.717) is 22.9 Å². The molecule has 0 spiro atoms. The molecule has 1 aliphatic carbocycles. The van der Waals surface area contributed by atoms with Crippen LogP contribution in [0.4, 0.5) is 0 Å². The molecule has 0 aromatic heterocycles. The van der Waals surface area contributed by atoms with Gasteiger partial charge in [0.05, 0.1) is 0 Å². The smallest absolute Gasteiger partial charge is 0.248 e. The molecule has 0 radical (unpaired) electrons. The Balaban J connectivity index is 1.99. The van der Waals surface area contributed by atoms with Crippen molar-refractivity contribution in [1.29, 1.82) is 0 Å². The maximum absolute atomic E-state index is 11.6. The van der Waals surface area contributed by atoms with Gasteiger partial charge in [0.15, 0.2) is 0 Å². The van der Waals surface area contributed by atoms with Crippen molar-refractivity contribution in [3.63, 3.8) is 0 Å². The van der Waals surface area contributed by atoms with E-state index in [1.54, 1.807) is 0 Å². The molecule has 3 rings (SSSR count). The predicted molar refractivity (Wildman–Crippen MR) is 94.6 cm³/mol. The number of carbonyl (C=O) groups is 1. The average molecular weight is 314 g/mol. The topological polar surface area (TPSA) is 46.3 Å². The van der Waals surface area contributed by atoms with Crippen molar-refractivity contribution in [2.75, 3.05) is 13.1 Å². The summed E-state index contributed by atoms with van der Waals surface area (Å²) in [7, 11) is 0. The van der Waals surface area contributed by atoms with E-state index in [4.69, 9.17) is 5.73 Å². The number of nitrogens with two attached hydrogens (primary N) is 1. The molecule has 1 aromatic carbocycles. The van der Waals surface area contributed by atoms with Gasteiger partial charge in [-0.2, -0.15) is 0 Å². The van der Waals surface area contributed by atoms with E-state index in [1.807, 2.05) is 6.07 Å². The van der Waals surface area contributed by atoms with Crippen LogP contribution in [-0.2, 0) is 11.8 Å². The van der Waals surface area contributed by atoms with Crippen LogP contribution in [0.15, 0.2) is 18.2 Å². The summed E-state index contributed by atoms with van der Waals surface area (Å²) < 4.78 is 0. The van der Waals surface area contributed by atoms with E-state index < -0.39 is 0 Å². The molecule has 1 fully saturated rings. The zero-order valence-corrected chi connectivity index (χ0v) is 15.1. The Bertz CT molecular complexity index is 631. The summed E-state index contributed by atoms with van der Waals surface area (Å²) >= 11 is 0. The number of carbonyl (C=O) groups excluding carboxylic acids is 1. The first-order chi connectivity index (χ1) is 10.6. The Morgan fingerprint density at radius 2 is 2.09 bits per heavy atom. The van der Waals surface area contributed by atoms with Gasteiger partial charge in [0, 0.05) is 18.2 Å². The monoisotopic (exact) mass is 314 g/mol. The highest BCUT2D eigenvalue weighted by atomic mass is 16.1. The van der Waals surface area contributed by atoms with Crippen LogP contribution < -0.4 is 5.73 Å². The van der Waals surface area contributed by atoms with Crippen LogP contribution in [0.2, 0.25) is 0 Å². The third-order valence-electron chi connectivity index (χ3n) is 6.09. The van der Waals surface area contributed by atoms with E-state index in [0.717, 1.165) is 25.9 Å².